The van der Waals surface area contributed by atoms with Crippen LogP contribution in [0.3, 0.4) is 0 Å². The second kappa shape index (κ2) is 8.28. The smallest absolute Gasteiger partial charge is 0.326 e. The molecule has 2 rings (SSSR count). The average molecular weight is 345 g/mol. The fourth-order valence-corrected chi connectivity index (χ4v) is 2.72. The molecule has 0 aromatic heterocycles. The Morgan fingerprint density at radius 3 is 2.04 bits per heavy atom. The monoisotopic (exact) mass is 345 g/mol. The molecule has 0 radical (unpaired) electrons. The summed E-state index contributed by atoms with van der Waals surface area (Å²) in [6.07, 6.45) is 0.352. The van der Waals surface area contributed by atoms with Crippen LogP contribution in [0.4, 0.5) is 5.69 Å². The van der Waals surface area contributed by atoms with Crippen molar-refractivity contribution in [2.45, 2.75) is 12.5 Å². The van der Waals surface area contributed by atoms with Gasteiger partial charge in [0.25, 0.3) is 0 Å². The third-order valence-corrected chi connectivity index (χ3v) is 4.07. The van der Waals surface area contributed by atoms with E-state index in [9.17, 15) is 9.90 Å². The number of carboxylic acid groups (broad SMARTS) is 1. The molecule has 6 nitrogen and oxygen atoms in total. The van der Waals surface area contributed by atoms with Crippen LogP contribution in [0.15, 0.2) is 42.5 Å². The Labute approximate surface area is 147 Å². The van der Waals surface area contributed by atoms with Crippen LogP contribution < -0.4 is 19.1 Å². The van der Waals surface area contributed by atoms with Gasteiger partial charge in [0, 0.05) is 25.6 Å². The highest BCUT2D eigenvalue weighted by atomic mass is 16.5. The van der Waals surface area contributed by atoms with Crippen molar-refractivity contribution in [2.75, 3.05) is 33.3 Å². The van der Waals surface area contributed by atoms with E-state index in [1.165, 1.54) is 14.2 Å². The van der Waals surface area contributed by atoms with E-state index in [0.717, 1.165) is 5.56 Å². The number of likely N-dealkylation sites (N-methyl/N-ethyl adjacent to an activating group) is 1. The van der Waals surface area contributed by atoms with Crippen LogP contribution in [-0.2, 0) is 11.2 Å². The Kier molecular flexibility index (Phi) is 6.11. The summed E-state index contributed by atoms with van der Waals surface area (Å²) in [6, 6.07) is 12.1. The van der Waals surface area contributed by atoms with Crippen molar-refractivity contribution in [3.63, 3.8) is 0 Å². The lowest BCUT2D eigenvalue weighted by atomic mass is 10.0. The summed E-state index contributed by atoms with van der Waals surface area (Å²) in [5.41, 5.74) is 1.50. The minimum Gasteiger partial charge on any atom is -0.496 e. The first-order valence-corrected chi connectivity index (χ1v) is 7.81. The summed E-state index contributed by atoms with van der Waals surface area (Å²) in [5.74, 6) is 0.614. The Morgan fingerprint density at radius 2 is 1.60 bits per heavy atom. The van der Waals surface area contributed by atoms with E-state index >= 15 is 0 Å². The zero-order chi connectivity index (χ0) is 18.4. The number of hydrogen-bond acceptors (Lipinski definition) is 5. The quantitative estimate of drug-likeness (QED) is 0.793. The van der Waals surface area contributed by atoms with Crippen LogP contribution >= 0.6 is 0 Å². The molecule has 0 bridgehead atoms. The first kappa shape index (κ1) is 18.4. The summed E-state index contributed by atoms with van der Waals surface area (Å²) < 4.78 is 16.1. The molecule has 0 saturated carbocycles. The molecule has 0 aliphatic carbocycles. The third kappa shape index (κ3) is 4.15. The number of nitrogens with zero attached hydrogens (tertiary/aromatic N) is 1. The maximum atomic E-state index is 11.9. The summed E-state index contributed by atoms with van der Waals surface area (Å²) >= 11 is 0. The standard InChI is InChI=1S/C19H23NO5/c1-20(15(19(21)22)10-13-8-6-5-7-9-13)18-16(24-3)11-14(23-2)12-17(18)25-4/h5-9,11-12,15H,10H2,1-4H3,(H,21,22)/t15-/m0/s1. The second-order valence-electron chi connectivity index (χ2n) is 5.54. The van der Waals surface area contributed by atoms with E-state index in [0.29, 0.717) is 29.4 Å². The number of aliphatic carboxylic acids is 1. The van der Waals surface area contributed by atoms with Crippen molar-refractivity contribution in [2.24, 2.45) is 0 Å². The largest absolute Gasteiger partial charge is 0.496 e. The summed E-state index contributed by atoms with van der Waals surface area (Å²) in [4.78, 5) is 13.6. The van der Waals surface area contributed by atoms with Crippen LogP contribution in [0.1, 0.15) is 5.56 Å². The average Bonchev–Trinajstić information content (AvgIpc) is 2.64. The highest BCUT2D eigenvalue weighted by Gasteiger charge is 2.28. The Bertz CT molecular complexity index is 692. The van der Waals surface area contributed by atoms with E-state index in [4.69, 9.17) is 14.2 Å². The molecule has 0 saturated heterocycles. The number of anilines is 1. The van der Waals surface area contributed by atoms with Gasteiger partial charge in [-0.1, -0.05) is 30.3 Å². The van der Waals surface area contributed by atoms with Gasteiger partial charge in [-0.05, 0) is 5.56 Å². The van der Waals surface area contributed by atoms with Gasteiger partial charge >= 0.3 is 5.97 Å². The van der Waals surface area contributed by atoms with Gasteiger partial charge in [-0.25, -0.2) is 4.79 Å². The molecular weight excluding hydrogens is 322 g/mol. The molecule has 1 atom stereocenters. The fraction of sp³-hybridized carbons (Fsp3) is 0.316. The van der Waals surface area contributed by atoms with Gasteiger partial charge in [-0.15, -0.1) is 0 Å². The lowest BCUT2D eigenvalue weighted by molar-refractivity contribution is -0.138. The van der Waals surface area contributed by atoms with Gasteiger partial charge in [-0.2, -0.15) is 0 Å². The molecule has 6 heteroatoms. The minimum atomic E-state index is -0.925. The molecule has 0 aliphatic heterocycles. The number of methoxy groups -OCH3 is 3. The third-order valence-electron chi connectivity index (χ3n) is 4.07. The normalized spacial score (nSPS) is 11.5. The molecule has 25 heavy (non-hydrogen) atoms. The van der Waals surface area contributed by atoms with Crippen molar-refractivity contribution in [3.05, 3.63) is 48.0 Å². The maximum Gasteiger partial charge on any atom is 0.326 e. The summed E-state index contributed by atoms with van der Waals surface area (Å²) in [7, 11) is 6.32. The fourth-order valence-electron chi connectivity index (χ4n) is 2.72. The molecule has 1 N–H and O–H groups in total. The summed E-state index contributed by atoms with van der Waals surface area (Å²) in [5, 5.41) is 9.75. The van der Waals surface area contributed by atoms with E-state index < -0.39 is 12.0 Å². The van der Waals surface area contributed by atoms with E-state index in [1.54, 1.807) is 31.2 Å². The lowest BCUT2D eigenvalue weighted by Gasteiger charge is -2.30. The number of hydrogen-bond donors (Lipinski definition) is 1. The van der Waals surface area contributed by atoms with Crippen LogP contribution in [0, 0.1) is 0 Å². The highest BCUT2D eigenvalue weighted by Crippen LogP contribution is 2.42. The second-order valence-corrected chi connectivity index (χ2v) is 5.54. The molecule has 0 heterocycles. The number of rotatable bonds is 8. The Morgan fingerprint density at radius 1 is 1.04 bits per heavy atom. The minimum absolute atomic E-state index is 0.352. The molecule has 0 amide bonds. The van der Waals surface area contributed by atoms with Crippen LogP contribution in [0.5, 0.6) is 17.2 Å². The molecule has 2 aromatic rings. The SMILES string of the molecule is COc1cc(OC)c(N(C)[C@@H](Cc2ccccc2)C(=O)O)c(OC)c1. The van der Waals surface area contributed by atoms with E-state index in [2.05, 4.69) is 0 Å². The molecule has 2 aromatic carbocycles. The van der Waals surface area contributed by atoms with Gasteiger partial charge in [0.2, 0.25) is 0 Å². The Hall–Kier alpha value is -2.89. The van der Waals surface area contributed by atoms with Crippen molar-refractivity contribution < 1.29 is 24.1 Å². The van der Waals surface area contributed by atoms with Crippen molar-refractivity contribution >= 4 is 11.7 Å². The van der Waals surface area contributed by atoms with Gasteiger partial charge in [0.1, 0.15) is 29.0 Å². The van der Waals surface area contributed by atoms with Crippen LogP contribution in [0.2, 0.25) is 0 Å². The molecule has 134 valence electrons. The lowest BCUT2D eigenvalue weighted by Crippen LogP contribution is -2.40. The number of ether oxygens (including phenoxy) is 3. The van der Waals surface area contributed by atoms with Gasteiger partial charge in [-0.3, -0.25) is 0 Å². The van der Waals surface area contributed by atoms with Crippen molar-refractivity contribution in [1.82, 2.24) is 0 Å². The maximum absolute atomic E-state index is 11.9. The predicted octanol–water partition coefficient (Wildman–Crippen LogP) is 2.84. The van der Waals surface area contributed by atoms with Crippen LogP contribution in [-0.4, -0.2) is 45.5 Å². The number of carboxylic acids is 1. The number of carbonyl (C=O) groups is 1. The Balaban J connectivity index is 2.45. The van der Waals surface area contributed by atoms with Gasteiger partial charge in [0.15, 0.2) is 0 Å². The van der Waals surface area contributed by atoms with Crippen molar-refractivity contribution in [3.8, 4) is 17.2 Å². The first-order valence-electron chi connectivity index (χ1n) is 7.81. The summed E-state index contributed by atoms with van der Waals surface area (Å²) in [6.45, 7) is 0. The van der Waals surface area contributed by atoms with E-state index in [-0.39, 0.29) is 0 Å². The van der Waals surface area contributed by atoms with Crippen molar-refractivity contribution in [1.29, 1.82) is 0 Å². The molecule has 0 unspecified atom stereocenters. The topological polar surface area (TPSA) is 68.2 Å². The first-order chi connectivity index (χ1) is 12.0. The van der Waals surface area contributed by atoms with E-state index in [1.807, 2.05) is 30.3 Å². The predicted molar refractivity (Wildman–Crippen MR) is 96.1 cm³/mol. The van der Waals surface area contributed by atoms with Gasteiger partial charge < -0.3 is 24.2 Å². The number of benzene rings is 2. The molecule has 0 fully saturated rings. The van der Waals surface area contributed by atoms with Gasteiger partial charge in [0.05, 0.1) is 21.3 Å². The highest BCUT2D eigenvalue weighted by molar-refractivity contribution is 5.82. The zero-order valence-electron chi connectivity index (χ0n) is 14.9. The molecule has 0 aliphatic rings. The zero-order valence-corrected chi connectivity index (χ0v) is 14.9. The molecular formula is C19H23NO5. The van der Waals surface area contributed by atoms with Crippen LogP contribution in [0.25, 0.3) is 0 Å². The molecule has 0 spiro atoms.